The van der Waals surface area contributed by atoms with Crippen LogP contribution in [0.4, 0.5) is 0 Å². The molecule has 0 spiro atoms. The van der Waals surface area contributed by atoms with Gasteiger partial charge in [-0.1, -0.05) is 17.7 Å². The van der Waals surface area contributed by atoms with E-state index in [2.05, 4.69) is 0 Å². The highest BCUT2D eigenvalue weighted by atomic mass is 35.5. The van der Waals surface area contributed by atoms with Crippen molar-refractivity contribution < 1.29 is 4.74 Å². The Labute approximate surface area is 77.3 Å². The molecule has 1 rings (SSSR count). The standard InChI is InChI=1S/C9H12ClNO/c1-2-12-9-4-3-7(6-11)5-8(9)10/h3-5H,2,6,11H2,1H3. The lowest BCUT2D eigenvalue weighted by molar-refractivity contribution is 0.340. The summed E-state index contributed by atoms with van der Waals surface area (Å²) in [5.74, 6) is 0.719. The third kappa shape index (κ3) is 2.13. The van der Waals surface area contributed by atoms with Crippen LogP contribution in [0.1, 0.15) is 12.5 Å². The van der Waals surface area contributed by atoms with E-state index >= 15 is 0 Å². The molecule has 0 fully saturated rings. The van der Waals surface area contributed by atoms with Gasteiger partial charge in [-0.15, -0.1) is 0 Å². The Bertz CT molecular complexity index is 263. The summed E-state index contributed by atoms with van der Waals surface area (Å²) >= 11 is 5.91. The maximum absolute atomic E-state index is 5.91. The zero-order chi connectivity index (χ0) is 8.97. The Balaban J connectivity index is 2.87. The lowest BCUT2D eigenvalue weighted by atomic mass is 10.2. The van der Waals surface area contributed by atoms with Gasteiger partial charge in [-0.2, -0.15) is 0 Å². The quantitative estimate of drug-likeness (QED) is 0.784. The first-order valence-corrected chi connectivity index (χ1v) is 4.27. The van der Waals surface area contributed by atoms with Gasteiger partial charge >= 0.3 is 0 Å². The van der Waals surface area contributed by atoms with Gasteiger partial charge in [0.2, 0.25) is 0 Å². The Morgan fingerprint density at radius 2 is 2.25 bits per heavy atom. The van der Waals surface area contributed by atoms with E-state index < -0.39 is 0 Å². The van der Waals surface area contributed by atoms with Crippen LogP contribution >= 0.6 is 11.6 Å². The predicted octanol–water partition coefficient (Wildman–Crippen LogP) is 2.20. The number of halogens is 1. The second-order valence-corrected chi connectivity index (χ2v) is 2.81. The molecule has 0 aliphatic carbocycles. The van der Waals surface area contributed by atoms with Gasteiger partial charge in [0.15, 0.2) is 0 Å². The number of ether oxygens (including phenoxy) is 1. The van der Waals surface area contributed by atoms with Crippen molar-refractivity contribution in [1.29, 1.82) is 0 Å². The lowest BCUT2D eigenvalue weighted by Gasteiger charge is -2.06. The largest absolute Gasteiger partial charge is 0.492 e. The molecule has 3 heteroatoms. The fraction of sp³-hybridized carbons (Fsp3) is 0.333. The zero-order valence-electron chi connectivity index (χ0n) is 7.01. The van der Waals surface area contributed by atoms with Gasteiger partial charge in [0.1, 0.15) is 5.75 Å². The minimum atomic E-state index is 0.506. The molecule has 0 saturated carbocycles. The van der Waals surface area contributed by atoms with Crippen LogP contribution in [0.3, 0.4) is 0 Å². The van der Waals surface area contributed by atoms with E-state index in [0.717, 1.165) is 11.3 Å². The van der Waals surface area contributed by atoms with Crippen LogP contribution in [-0.4, -0.2) is 6.61 Å². The average Bonchev–Trinajstić information content (AvgIpc) is 2.09. The normalized spacial score (nSPS) is 9.92. The van der Waals surface area contributed by atoms with E-state index in [9.17, 15) is 0 Å². The Kier molecular flexibility index (Phi) is 3.38. The van der Waals surface area contributed by atoms with Crippen molar-refractivity contribution in [3.05, 3.63) is 28.8 Å². The van der Waals surface area contributed by atoms with Crippen LogP contribution in [0.5, 0.6) is 5.75 Å². The summed E-state index contributed by atoms with van der Waals surface area (Å²) < 4.78 is 5.26. The van der Waals surface area contributed by atoms with Crippen LogP contribution < -0.4 is 10.5 Å². The lowest BCUT2D eigenvalue weighted by Crippen LogP contribution is -1.97. The smallest absolute Gasteiger partial charge is 0.137 e. The first-order valence-electron chi connectivity index (χ1n) is 3.89. The van der Waals surface area contributed by atoms with Crippen molar-refractivity contribution >= 4 is 11.6 Å². The van der Waals surface area contributed by atoms with Gasteiger partial charge in [-0.3, -0.25) is 0 Å². The fourth-order valence-corrected chi connectivity index (χ4v) is 1.20. The van der Waals surface area contributed by atoms with Gasteiger partial charge in [-0.25, -0.2) is 0 Å². The molecule has 0 aromatic heterocycles. The maximum Gasteiger partial charge on any atom is 0.137 e. The average molecular weight is 186 g/mol. The summed E-state index contributed by atoms with van der Waals surface area (Å²) in [6, 6.07) is 5.58. The Morgan fingerprint density at radius 3 is 2.75 bits per heavy atom. The van der Waals surface area contributed by atoms with Crippen molar-refractivity contribution in [2.24, 2.45) is 5.73 Å². The SMILES string of the molecule is CCOc1ccc(CN)cc1Cl. The first-order chi connectivity index (χ1) is 5.77. The molecular formula is C9H12ClNO. The van der Waals surface area contributed by atoms with Crippen LogP contribution in [0.25, 0.3) is 0 Å². The van der Waals surface area contributed by atoms with Gasteiger partial charge in [0.25, 0.3) is 0 Å². The molecule has 0 amide bonds. The molecule has 2 nitrogen and oxygen atoms in total. The molecule has 0 heterocycles. The van der Waals surface area contributed by atoms with Crippen molar-refractivity contribution in [2.45, 2.75) is 13.5 Å². The summed E-state index contributed by atoms with van der Waals surface area (Å²) in [5, 5.41) is 0.625. The van der Waals surface area contributed by atoms with Crippen molar-refractivity contribution in [2.75, 3.05) is 6.61 Å². The fourth-order valence-electron chi connectivity index (χ4n) is 0.944. The van der Waals surface area contributed by atoms with E-state index in [1.54, 1.807) is 0 Å². The first kappa shape index (κ1) is 9.36. The molecule has 0 aliphatic heterocycles. The molecular weight excluding hydrogens is 174 g/mol. The van der Waals surface area contributed by atoms with Gasteiger partial charge in [0.05, 0.1) is 11.6 Å². The summed E-state index contributed by atoms with van der Waals surface area (Å²) in [6.07, 6.45) is 0. The molecule has 1 aromatic carbocycles. The molecule has 1 aromatic rings. The van der Waals surface area contributed by atoms with E-state index in [0.29, 0.717) is 18.2 Å². The number of rotatable bonds is 3. The topological polar surface area (TPSA) is 35.2 Å². The third-order valence-electron chi connectivity index (χ3n) is 1.53. The monoisotopic (exact) mass is 185 g/mol. The van der Waals surface area contributed by atoms with E-state index in [1.165, 1.54) is 0 Å². The number of hydrogen-bond acceptors (Lipinski definition) is 2. The predicted molar refractivity (Wildman–Crippen MR) is 50.5 cm³/mol. The molecule has 12 heavy (non-hydrogen) atoms. The molecule has 0 atom stereocenters. The summed E-state index contributed by atoms with van der Waals surface area (Å²) in [5.41, 5.74) is 6.46. The second-order valence-electron chi connectivity index (χ2n) is 2.40. The second kappa shape index (κ2) is 4.33. The van der Waals surface area contributed by atoms with Crippen molar-refractivity contribution in [3.8, 4) is 5.75 Å². The summed E-state index contributed by atoms with van der Waals surface area (Å²) in [7, 11) is 0. The van der Waals surface area contributed by atoms with Gasteiger partial charge in [0, 0.05) is 6.54 Å². The van der Waals surface area contributed by atoms with E-state index in [-0.39, 0.29) is 0 Å². The van der Waals surface area contributed by atoms with E-state index in [4.69, 9.17) is 22.1 Å². The number of benzene rings is 1. The highest BCUT2D eigenvalue weighted by Crippen LogP contribution is 2.24. The number of hydrogen-bond donors (Lipinski definition) is 1. The van der Waals surface area contributed by atoms with Crippen LogP contribution in [0, 0.1) is 0 Å². The van der Waals surface area contributed by atoms with Crippen LogP contribution in [0.15, 0.2) is 18.2 Å². The highest BCUT2D eigenvalue weighted by Gasteiger charge is 2.00. The third-order valence-corrected chi connectivity index (χ3v) is 1.83. The summed E-state index contributed by atoms with van der Waals surface area (Å²) in [4.78, 5) is 0. The van der Waals surface area contributed by atoms with Crippen LogP contribution in [-0.2, 0) is 6.54 Å². The van der Waals surface area contributed by atoms with Crippen LogP contribution in [0.2, 0.25) is 5.02 Å². The number of nitrogens with two attached hydrogens (primary N) is 1. The zero-order valence-corrected chi connectivity index (χ0v) is 7.77. The molecule has 0 aliphatic rings. The highest BCUT2D eigenvalue weighted by molar-refractivity contribution is 6.32. The Morgan fingerprint density at radius 1 is 1.50 bits per heavy atom. The van der Waals surface area contributed by atoms with Crippen molar-refractivity contribution in [3.63, 3.8) is 0 Å². The summed E-state index contributed by atoms with van der Waals surface area (Å²) in [6.45, 7) is 3.06. The van der Waals surface area contributed by atoms with E-state index in [1.807, 2.05) is 25.1 Å². The molecule has 0 bridgehead atoms. The molecule has 66 valence electrons. The molecule has 0 saturated heterocycles. The maximum atomic E-state index is 5.91. The van der Waals surface area contributed by atoms with Gasteiger partial charge < -0.3 is 10.5 Å². The Hall–Kier alpha value is -0.730. The van der Waals surface area contributed by atoms with Crippen molar-refractivity contribution in [1.82, 2.24) is 0 Å². The minimum absolute atomic E-state index is 0.506. The minimum Gasteiger partial charge on any atom is -0.492 e. The molecule has 0 radical (unpaired) electrons. The van der Waals surface area contributed by atoms with Gasteiger partial charge in [-0.05, 0) is 24.6 Å². The molecule has 0 unspecified atom stereocenters. The molecule has 2 N–H and O–H groups in total.